The Hall–Kier alpha value is -1.45. The highest BCUT2D eigenvalue weighted by Crippen LogP contribution is 2.34. The van der Waals surface area contributed by atoms with Crippen LogP contribution in [0.5, 0.6) is 0 Å². The summed E-state index contributed by atoms with van der Waals surface area (Å²) in [5.41, 5.74) is -0.476. The van der Waals surface area contributed by atoms with Crippen molar-refractivity contribution in [3.8, 4) is 0 Å². The van der Waals surface area contributed by atoms with Crippen molar-refractivity contribution in [2.45, 2.75) is 24.2 Å². The fourth-order valence-electron chi connectivity index (χ4n) is 1.57. The second kappa shape index (κ2) is 6.98. The average Bonchev–Trinajstić information content (AvgIpc) is 2.33. The standard InChI is InChI=1S/C13H13F7N2S/c1-7-4-8(14)9(5-10(7)23-6-12(15,16)17)21-11(22(2)3)13(18,19)20/h4-5H,6H2,1-3H3/b21-11-. The van der Waals surface area contributed by atoms with E-state index in [1.54, 1.807) is 0 Å². The van der Waals surface area contributed by atoms with Crippen LogP contribution in [0.15, 0.2) is 22.0 Å². The van der Waals surface area contributed by atoms with Gasteiger partial charge in [-0.3, -0.25) is 0 Å². The number of alkyl halides is 6. The van der Waals surface area contributed by atoms with E-state index >= 15 is 0 Å². The van der Waals surface area contributed by atoms with E-state index in [1.807, 2.05) is 0 Å². The minimum Gasteiger partial charge on any atom is -0.359 e. The van der Waals surface area contributed by atoms with E-state index in [9.17, 15) is 30.7 Å². The van der Waals surface area contributed by atoms with Crippen LogP contribution in [0.25, 0.3) is 0 Å². The molecule has 0 atom stereocenters. The van der Waals surface area contributed by atoms with Crippen molar-refractivity contribution in [1.82, 2.24) is 4.90 Å². The third kappa shape index (κ3) is 5.92. The van der Waals surface area contributed by atoms with E-state index in [4.69, 9.17) is 0 Å². The van der Waals surface area contributed by atoms with Crippen LogP contribution in [0, 0.1) is 12.7 Å². The molecule has 130 valence electrons. The molecule has 0 aliphatic rings. The van der Waals surface area contributed by atoms with Crippen LogP contribution in [-0.2, 0) is 0 Å². The van der Waals surface area contributed by atoms with Gasteiger partial charge in [-0.05, 0) is 24.6 Å². The maximum Gasteiger partial charge on any atom is 0.449 e. The molecule has 1 aromatic carbocycles. The van der Waals surface area contributed by atoms with Crippen molar-refractivity contribution in [3.63, 3.8) is 0 Å². The predicted molar refractivity (Wildman–Crippen MR) is 74.8 cm³/mol. The van der Waals surface area contributed by atoms with Gasteiger partial charge in [0.1, 0.15) is 11.5 Å². The Morgan fingerprint density at radius 1 is 1.13 bits per heavy atom. The molecule has 0 aliphatic heterocycles. The molecule has 0 spiro atoms. The molecule has 0 fully saturated rings. The molecule has 1 aromatic rings. The summed E-state index contributed by atoms with van der Waals surface area (Å²) in [5.74, 6) is -3.63. The summed E-state index contributed by atoms with van der Waals surface area (Å²) < 4.78 is 89.0. The minimum absolute atomic E-state index is 0.0164. The maximum atomic E-state index is 13.8. The predicted octanol–water partition coefficient (Wildman–Crippen LogP) is 4.94. The van der Waals surface area contributed by atoms with E-state index in [1.165, 1.54) is 6.92 Å². The van der Waals surface area contributed by atoms with Gasteiger partial charge in [0.15, 0.2) is 0 Å². The summed E-state index contributed by atoms with van der Waals surface area (Å²) in [6, 6.07) is 1.75. The fourth-order valence-corrected chi connectivity index (χ4v) is 2.37. The van der Waals surface area contributed by atoms with Crippen LogP contribution in [0.3, 0.4) is 0 Å². The van der Waals surface area contributed by atoms with Gasteiger partial charge in [0.25, 0.3) is 0 Å². The van der Waals surface area contributed by atoms with Gasteiger partial charge in [-0.2, -0.15) is 26.3 Å². The van der Waals surface area contributed by atoms with Gasteiger partial charge in [-0.25, -0.2) is 9.38 Å². The van der Waals surface area contributed by atoms with Crippen LogP contribution in [0.2, 0.25) is 0 Å². The number of hydrogen-bond donors (Lipinski definition) is 0. The first-order chi connectivity index (χ1) is 10.3. The molecule has 0 bridgehead atoms. The number of nitrogens with zero attached hydrogens (tertiary/aromatic N) is 2. The lowest BCUT2D eigenvalue weighted by atomic mass is 10.2. The van der Waals surface area contributed by atoms with Crippen LogP contribution < -0.4 is 0 Å². The van der Waals surface area contributed by atoms with E-state index in [0.717, 1.165) is 26.2 Å². The second-order valence-electron chi connectivity index (χ2n) is 4.80. The zero-order valence-corrected chi connectivity index (χ0v) is 13.1. The zero-order chi connectivity index (χ0) is 18.0. The molecule has 23 heavy (non-hydrogen) atoms. The summed E-state index contributed by atoms with van der Waals surface area (Å²) in [6.07, 6.45) is -9.27. The van der Waals surface area contributed by atoms with Gasteiger partial charge in [-0.15, -0.1) is 11.8 Å². The van der Waals surface area contributed by atoms with Gasteiger partial charge in [-0.1, -0.05) is 0 Å². The maximum absolute atomic E-state index is 13.8. The molecule has 2 nitrogen and oxygen atoms in total. The van der Waals surface area contributed by atoms with Crippen molar-refractivity contribution < 1.29 is 30.7 Å². The highest BCUT2D eigenvalue weighted by molar-refractivity contribution is 7.99. The van der Waals surface area contributed by atoms with Crippen LogP contribution in [0.4, 0.5) is 36.4 Å². The highest BCUT2D eigenvalue weighted by atomic mass is 32.2. The number of benzene rings is 1. The van der Waals surface area contributed by atoms with E-state index in [0.29, 0.717) is 16.7 Å². The molecule has 0 N–H and O–H groups in total. The lowest BCUT2D eigenvalue weighted by Gasteiger charge is -2.18. The van der Waals surface area contributed by atoms with Crippen LogP contribution in [0.1, 0.15) is 5.56 Å². The Bertz CT molecular complexity index is 591. The van der Waals surface area contributed by atoms with E-state index in [-0.39, 0.29) is 10.5 Å². The SMILES string of the molecule is Cc1cc(F)c(/N=C(\N(C)C)C(F)(F)F)cc1SCC(F)(F)F. The molecule has 0 heterocycles. The monoisotopic (exact) mass is 362 g/mol. The topological polar surface area (TPSA) is 15.6 Å². The molecule has 1 rings (SSSR count). The third-order valence-corrected chi connectivity index (χ3v) is 3.76. The van der Waals surface area contributed by atoms with Gasteiger partial charge < -0.3 is 4.90 Å². The number of halogens is 7. The molecular weight excluding hydrogens is 349 g/mol. The normalized spacial score (nSPS) is 13.4. The number of rotatable bonds is 3. The van der Waals surface area contributed by atoms with Crippen molar-refractivity contribution >= 4 is 23.3 Å². The summed E-state index contributed by atoms with van der Waals surface area (Å²) in [6.45, 7) is 1.37. The third-order valence-electron chi connectivity index (χ3n) is 2.54. The number of thioether (sulfide) groups is 1. The van der Waals surface area contributed by atoms with Gasteiger partial charge >= 0.3 is 12.4 Å². The first-order valence-electron chi connectivity index (χ1n) is 6.14. The summed E-state index contributed by atoms with van der Waals surface area (Å²) >= 11 is 0.364. The quantitative estimate of drug-likeness (QED) is 0.328. The minimum atomic E-state index is -4.82. The molecule has 0 radical (unpaired) electrons. The van der Waals surface area contributed by atoms with E-state index in [2.05, 4.69) is 4.99 Å². The lowest BCUT2D eigenvalue weighted by Crippen LogP contribution is -2.36. The first-order valence-corrected chi connectivity index (χ1v) is 7.12. The Morgan fingerprint density at radius 2 is 1.70 bits per heavy atom. The molecule has 0 aromatic heterocycles. The van der Waals surface area contributed by atoms with Gasteiger partial charge in [0.2, 0.25) is 5.84 Å². The van der Waals surface area contributed by atoms with Crippen LogP contribution >= 0.6 is 11.8 Å². The van der Waals surface area contributed by atoms with Gasteiger partial charge in [0, 0.05) is 19.0 Å². The summed E-state index contributed by atoms with van der Waals surface area (Å²) in [5, 5.41) is 0. The molecule has 0 saturated carbocycles. The van der Waals surface area contributed by atoms with Crippen LogP contribution in [-0.4, -0.2) is 42.9 Å². The van der Waals surface area contributed by atoms with E-state index < -0.39 is 35.4 Å². The number of amidine groups is 1. The fraction of sp³-hybridized carbons (Fsp3) is 0.462. The molecule has 0 amide bonds. The summed E-state index contributed by atoms with van der Waals surface area (Å²) in [4.78, 5) is 3.89. The van der Waals surface area contributed by atoms with Crippen molar-refractivity contribution in [2.24, 2.45) is 4.99 Å². The van der Waals surface area contributed by atoms with Gasteiger partial charge in [0.05, 0.1) is 5.75 Å². The molecular formula is C13H13F7N2S. The lowest BCUT2D eigenvalue weighted by molar-refractivity contribution is -0.105. The summed E-state index contributed by atoms with van der Waals surface area (Å²) in [7, 11) is 2.16. The molecule has 0 aliphatic carbocycles. The number of hydrogen-bond acceptors (Lipinski definition) is 2. The largest absolute Gasteiger partial charge is 0.449 e. The Labute approximate surface area is 132 Å². The average molecular weight is 362 g/mol. The zero-order valence-electron chi connectivity index (χ0n) is 12.3. The molecule has 0 unspecified atom stereocenters. The second-order valence-corrected chi connectivity index (χ2v) is 5.82. The Balaban J connectivity index is 3.26. The molecule has 0 saturated heterocycles. The number of aliphatic imine (C=N–C) groups is 1. The smallest absolute Gasteiger partial charge is 0.359 e. The molecule has 10 heteroatoms. The Kier molecular flexibility index (Phi) is 5.95. The van der Waals surface area contributed by atoms with Crippen molar-refractivity contribution in [2.75, 3.05) is 19.8 Å². The van der Waals surface area contributed by atoms with Crippen molar-refractivity contribution in [3.05, 3.63) is 23.5 Å². The van der Waals surface area contributed by atoms with Crippen molar-refractivity contribution in [1.29, 1.82) is 0 Å². The highest BCUT2D eigenvalue weighted by Gasteiger charge is 2.38. The first kappa shape index (κ1) is 19.6. The number of aryl methyl sites for hydroxylation is 1. The Morgan fingerprint density at radius 3 is 2.13 bits per heavy atom.